The Balaban J connectivity index is 1.71. The monoisotopic (exact) mass is 301 g/mol. The molecule has 1 amide bonds. The van der Waals surface area contributed by atoms with E-state index in [0.29, 0.717) is 12.2 Å². The maximum atomic E-state index is 12.3. The number of carbonyl (C=O) groups excluding carboxylic acids is 1. The topological polar surface area (TPSA) is 92.9 Å². The van der Waals surface area contributed by atoms with Crippen LogP contribution in [0.2, 0.25) is 0 Å². The molecule has 116 valence electrons. The lowest BCUT2D eigenvalue weighted by atomic mass is 10.1. The molecule has 0 fully saturated rings. The van der Waals surface area contributed by atoms with E-state index in [0.717, 1.165) is 11.1 Å². The first-order valence-corrected chi connectivity index (χ1v) is 7.37. The third-order valence-corrected chi connectivity index (χ3v) is 3.89. The minimum Gasteiger partial charge on any atom is -0.390 e. The van der Waals surface area contributed by atoms with E-state index in [1.165, 1.54) is 4.68 Å². The van der Waals surface area contributed by atoms with E-state index >= 15 is 0 Å². The van der Waals surface area contributed by atoms with E-state index in [1.807, 2.05) is 38.1 Å². The van der Waals surface area contributed by atoms with Crippen molar-refractivity contribution in [3.8, 4) is 0 Å². The molecule has 0 saturated heterocycles. The van der Waals surface area contributed by atoms with Gasteiger partial charge in [0.05, 0.1) is 12.1 Å². The molecule has 7 heteroatoms. The van der Waals surface area contributed by atoms with Crippen LogP contribution < -0.4 is 5.32 Å². The molecule has 0 bridgehead atoms. The highest BCUT2D eigenvalue weighted by Crippen LogP contribution is 2.31. The first-order chi connectivity index (χ1) is 10.6. The molecular formula is C15H19N5O2. The number of benzene rings is 1. The Morgan fingerprint density at radius 3 is 3.00 bits per heavy atom. The molecule has 2 unspecified atom stereocenters. The van der Waals surface area contributed by atoms with E-state index in [9.17, 15) is 9.90 Å². The summed E-state index contributed by atoms with van der Waals surface area (Å²) in [7, 11) is 0. The lowest BCUT2D eigenvalue weighted by molar-refractivity contribution is -0.123. The highest BCUT2D eigenvalue weighted by Gasteiger charge is 2.32. The van der Waals surface area contributed by atoms with Crippen molar-refractivity contribution in [2.45, 2.75) is 44.9 Å². The van der Waals surface area contributed by atoms with Crippen molar-refractivity contribution in [3.05, 3.63) is 41.2 Å². The zero-order valence-electron chi connectivity index (χ0n) is 12.6. The average Bonchev–Trinajstić information content (AvgIpc) is 3.04. The van der Waals surface area contributed by atoms with Crippen LogP contribution in [0.15, 0.2) is 24.3 Å². The smallest absolute Gasteiger partial charge is 0.242 e. The molecule has 2 atom stereocenters. The van der Waals surface area contributed by atoms with Gasteiger partial charge in [-0.05, 0) is 21.6 Å². The average molecular weight is 301 g/mol. The summed E-state index contributed by atoms with van der Waals surface area (Å²) in [5, 5.41) is 24.4. The molecule has 1 aliphatic carbocycles. The molecule has 1 aromatic heterocycles. The molecule has 1 aliphatic rings. The first kappa shape index (κ1) is 14.6. The van der Waals surface area contributed by atoms with Gasteiger partial charge in [-0.1, -0.05) is 38.1 Å². The van der Waals surface area contributed by atoms with Crippen molar-refractivity contribution < 1.29 is 9.90 Å². The molecule has 22 heavy (non-hydrogen) atoms. The Bertz CT molecular complexity index is 682. The summed E-state index contributed by atoms with van der Waals surface area (Å²) < 4.78 is 1.49. The summed E-state index contributed by atoms with van der Waals surface area (Å²) in [5.74, 6) is 0.595. The molecule has 3 rings (SSSR count). The molecule has 2 N–H and O–H groups in total. The highest BCUT2D eigenvalue weighted by atomic mass is 16.3. The third-order valence-electron chi connectivity index (χ3n) is 3.89. The number of amides is 1. The summed E-state index contributed by atoms with van der Waals surface area (Å²) in [5.41, 5.74) is 2.05. The van der Waals surface area contributed by atoms with Gasteiger partial charge >= 0.3 is 0 Å². The van der Waals surface area contributed by atoms with Crippen molar-refractivity contribution in [3.63, 3.8) is 0 Å². The van der Waals surface area contributed by atoms with E-state index in [1.54, 1.807) is 0 Å². The zero-order chi connectivity index (χ0) is 15.7. The van der Waals surface area contributed by atoms with Crippen LogP contribution in [0, 0.1) is 0 Å². The lowest BCUT2D eigenvalue weighted by Gasteiger charge is -2.18. The van der Waals surface area contributed by atoms with Crippen molar-refractivity contribution in [1.82, 2.24) is 25.5 Å². The van der Waals surface area contributed by atoms with Gasteiger partial charge in [-0.15, -0.1) is 5.10 Å². The van der Waals surface area contributed by atoms with Crippen LogP contribution in [0.1, 0.15) is 42.8 Å². The van der Waals surface area contributed by atoms with Gasteiger partial charge in [0.15, 0.2) is 5.82 Å². The third kappa shape index (κ3) is 2.71. The Kier molecular flexibility index (Phi) is 3.89. The molecule has 2 aromatic rings. The molecule has 0 radical (unpaired) electrons. The van der Waals surface area contributed by atoms with Gasteiger partial charge in [0.1, 0.15) is 6.54 Å². The molecule has 1 aromatic carbocycles. The number of nitrogens with one attached hydrogen (secondary N) is 1. The fraction of sp³-hybridized carbons (Fsp3) is 0.467. The van der Waals surface area contributed by atoms with Gasteiger partial charge in [0.25, 0.3) is 0 Å². The normalized spacial score (nSPS) is 20.2. The number of nitrogens with zero attached hydrogens (tertiary/aromatic N) is 4. The quantitative estimate of drug-likeness (QED) is 0.861. The fourth-order valence-electron chi connectivity index (χ4n) is 2.84. The zero-order valence-corrected chi connectivity index (χ0v) is 12.6. The van der Waals surface area contributed by atoms with Gasteiger partial charge in [0.2, 0.25) is 5.91 Å². The lowest BCUT2D eigenvalue weighted by Crippen LogP contribution is -2.36. The number of tetrazole rings is 1. The molecule has 7 nitrogen and oxygen atoms in total. The van der Waals surface area contributed by atoms with Gasteiger partial charge < -0.3 is 10.4 Å². The number of aromatic nitrogens is 4. The minimum absolute atomic E-state index is 0.0475. The Hall–Kier alpha value is -2.28. The summed E-state index contributed by atoms with van der Waals surface area (Å²) >= 11 is 0. The fourth-order valence-corrected chi connectivity index (χ4v) is 2.84. The maximum Gasteiger partial charge on any atom is 0.242 e. The minimum atomic E-state index is -0.597. The summed E-state index contributed by atoms with van der Waals surface area (Å²) in [6.45, 7) is 3.99. The van der Waals surface area contributed by atoms with E-state index in [2.05, 4.69) is 20.8 Å². The van der Waals surface area contributed by atoms with Gasteiger partial charge in [-0.25, -0.2) is 4.68 Å². The van der Waals surface area contributed by atoms with Gasteiger partial charge in [-0.2, -0.15) is 0 Å². The second-order valence-corrected chi connectivity index (χ2v) is 5.86. The van der Waals surface area contributed by atoms with E-state index in [-0.39, 0.29) is 24.4 Å². The van der Waals surface area contributed by atoms with Crippen LogP contribution in [-0.2, 0) is 17.8 Å². The van der Waals surface area contributed by atoms with Gasteiger partial charge in [-0.3, -0.25) is 4.79 Å². The van der Waals surface area contributed by atoms with E-state index in [4.69, 9.17) is 0 Å². The number of carbonyl (C=O) groups is 1. The molecule has 0 aliphatic heterocycles. The van der Waals surface area contributed by atoms with Crippen LogP contribution in [0.3, 0.4) is 0 Å². The highest BCUT2D eigenvalue weighted by molar-refractivity contribution is 5.76. The Morgan fingerprint density at radius 2 is 2.23 bits per heavy atom. The number of hydrogen-bond donors (Lipinski definition) is 2. The van der Waals surface area contributed by atoms with Gasteiger partial charge in [0, 0.05) is 12.3 Å². The van der Waals surface area contributed by atoms with Crippen LogP contribution in [0.4, 0.5) is 0 Å². The Morgan fingerprint density at radius 1 is 1.45 bits per heavy atom. The summed E-state index contributed by atoms with van der Waals surface area (Å²) in [6, 6.07) is 7.39. The second-order valence-electron chi connectivity index (χ2n) is 5.86. The second kappa shape index (κ2) is 5.84. The van der Waals surface area contributed by atoms with Crippen molar-refractivity contribution in [2.75, 3.05) is 0 Å². The molecule has 0 spiro atoms. The SMILES string of the molecule is CC(C)c1nnnn1CC(=O)NC1c2ccccc2CC1O. The standard InChI is InChI=1S/C15H19N5O2/c1-9(2)15-17-18-19-20(15)8-13(22)16-14-11-6-4-3-5-10(11)7-12(14)21/h3-6,9,12,14,21H,7-8H2,1-2H3,(H,16,22). The van der Waals surface area contributed by atoms with Crippen molar-refractivity contribution >= 4 is 5.91 Å². The molecular weight excluding hydrogens is 282 g/mol. The first-order valence-electron chi connectivity index (χ1n) is 7.37. The molecule has 0 saturated carbocycles. The predicted molar refractivity (Wildman–Crippen MR) is 78.9 cm³/mol. The number of hydrogen-bond acceptors (Lipinski definition) is 5. The maximum absolute atomic E-state index is 12.3. The van der Waals surface area contributed by atoms with Crippen LogP contribution >= 0.6 is 0 Å². The van der Waals surface area contributed by atoms with Crippen LogP contribution in [-0.4, -0.2) is 37.3 Å². The largest absolute Gasteiger partial charge is 0.390 e. The number of rotatable bonds is 4. The van der Waals surface area contributed by atoms with Crippen molar-refractivity contribution in [1.29, 1.82) is 0 Å². The summed E-state index contributed by atoms with van der Waals surface area (Å²) in [4.78, 5) is 12.3. The molecule has 1 heterocycles. The van der Waals surface area contributed by atoms with Crippen LogP contribution in [0.25, 0.3) is 0 Å². The van der Waals surface area contributed by atoms with Crippen molar-refractivity contribution in [2.24, 2.45) is 0 Å². The number of aliphatic hydroxyl groups is 1. The number of aliphatic hydroxyl groups excluding tert-OH is 1. The Labute approximate surface area is 128 Å². The number of fused-ring (bicyclic) bond motifs is 1. The van der Waals surface area contributed by atoms with E-state index < -0.39 is 6.10 Å². The van der Waals surface area contributed by atoms with Crippen LogP contribution in [0.5, 0.6) is 0 Å². The summed E-state index contributed by atoms with van der Waals surface area (Å²) in [6.07, 6.45) is -0.0386. The predicted octanol–water partition coefficient (Wildman–Crippen LogP) is 0.571.